The van der Waals surface area contributed by atoms with Gasteiger partial charge in [0.25, 0.3) is 0 Å². The highest BCUT2D eigenvalue weighted by Crippen LogP contribution is 2.26. The second kappa shape index (κ2) is 5.49. The number of fused-ring (bicyclic) bond motifs is 1. The number of halogens is 1. The molecule has 0 aromatic heterocycles. The summed E-state index contributed by atoms with van der Waals surface area (Å²) >= 11 is 5.20. The van der Waals surface area contributed by atoms with Crippen molar-refractivity contribution in [3.8, 4) is 0 Å². The summed E-state index contributed by atoms with van der Waals surface area (Å²) in [6, 6.07) is 11.5. The highest BCUT2D eigenvalue weighted by atomic mass is 32.1. The Kier molecular flexibility index (Phi) is 3.53. The second-order valence-electron chi connectivity index (χ2n) is 4.68. The molecule has 106 valence electrons. The summed E-state index contributed by atoms with van der Waals surface area (Å²) in [7, 11) is 0. The van der Waals surface area contributed by atoms with Crippen LogP contribution in [0.1, 0.15) is 5.56 Å². The van der Waals surface area contributed by atoms with E-state index in [-0.39, 0.29) is 11.7 Å². The third-order valence-electron chi connectivity index (χ3n) is 3.09. The van der Waals surface area contributed by atoms with Crippen molar-refractivity contribution in [2.75, 3.05) is 16.0 Å². The van der Waals surface area contributed by atoms with E-state index >= 15 is 0 Å². The van der Waals surface area contributed by atoms with E-state index in [2.05, 4.69) is 16.0 Å². The molecule has 4 nitrogen and oxygen atoms in total. The van der Waals surface area contributed by atoms with E-state index in [0.29, 0.717) is 17.2 Å². The lowest BCUT2D eigenvalue weighted by Gasteiger charge is -2.11. The lowest BCUT2D eigenvalue weighted by molar-refractivity contribution is -0.115. The molecule has 0 unspecified atom stereocenters. The van der Waals surface area contributed by atoms with E-state index < -0.39 is 0 Å². The van der Waals surface area contributed by atoms with Crippen LogP contribution in [0.15, 0.2) is 42.5 Å². The Balaban J connectivity index is 1.66. The molecular formula is C15H12FN3OS. The summed E-state index contributed by atoms with van der Waals surface area (Å²) in [5.74, 6) is -0.303. The van der Waals surface area contributed by atoms with Crippen molar-refractivity contribution >= 4 is 40.3 Å². The molecule has 0 spiro atoms. The number of rotatable bonds is 2. The maximum absolute atomic E-state index is 12.8. The summed E-state index contributed by atoms with van der Waals surface area (Å²) < 4.78 is 12.8. The van der Waals surface area contributed by atoms with Crippen LogP contribution in [0.4, 0.5) is 21.5 Å². The summed E-state index contributed by atoms with van der Waals surface area (Å²) in [6.45, 7) is 0. The number of carbonyl (C=O) groups excluding carboxylic acids is 1. The van der Waals surface area contributed by atoms with Crippen LogP contribution in [0, 0.1) is 5.82 Å². The van der Waals surface area contributed by atoms with Crippen molar-refractivity contribution in [1.29, 1.82) is 0 Å². The summed E-state index contributed by atoms with van der Waals surface area (Å²) in [4.78, 5) is 11.3. The molecule has 0 saturated heterocycles. The number of hydrogen-bond donors (Lipinski definition) is 3. The molecule has 0 atom stereocenters. The number of carbonyl (C=O) groups is 1. The number of nitrogens with one attached hydrogen (secondary N) is 3. The van der Waals surface area contributed by atoms with Crippen LogP contribution < -0.4 is 16.0 Å². The number of amides is 1. The normalized spacial score (nSPS) is 12.5. The third-order valence-corrected chi connectivity index (χ3v) is 3.30. The first-order valence-electron chi connectivity index (χ1n) is 6.36. The van der Waals surface area contributed by atoms with Gasteiger partial charge in [-0.05, 0) is 54.2 Å². The first kappa shape index (κ1) is 13.5. The van der Waals surface area contributed by atoms with Crippen LogP contribution in [0.3, 0.4) is 0 Å². The molecule has 0 saturated carbocycles. The highest BCUT2D eigenvalue weighted by Gasteiger charge is 2.17. The standard InChI is InChI=1S/C15H12FN3OS/c16-10-2-5-11(6-3-10)17-15(21)18-12-4-1-9-7-14(20)19-13(9)8-12/h1-6,8H,7H2,(H,19,20)(H2,17,18,21). The summed E-state index contributed by atoms with van der Waals surface area (Å²) in [5.41, 5.74) is 3.25. The third kappa shape index (κ3) is 3.17. The molecule has 0 fully saturated rings. The van der Waals surface area contributed by atoms with Gasteiger partial charge < -0.3 is 16.0 Å². The van der Waals surface area contributed by atoms with E-state index in [1.165, 1.54) is 12.1 Å². The smallest absolute Gasteiger partial charge is 0.228 e. The lowest BCUT2D eigenvalue weighted by atomic mass is 10.1. The zero-order valence-electron chi connectivity index (χ0n) is 10.9. The van der Waals surface area contributed by atoms with Crippen LogP contribution in [0.2, 0.25) is 0 Å². The number of hydrogen-bond acceptors (Lipinski definition) is 2. The molecule has 1 aliphatic rings. The number of anilines is 3. The Morgan fingerprint density at radius 1 is 1.10 bits per heavy atom. The number of thiocarbonyl (C=S) groups is 1. The van der Waals surface area contributed by atoms with Gasteiger partial charge in [0.1, 0.15) is 5.82 Å². The van der Waals surface area contributed by atoms with Crippen LogP contribution in [0.5, 0.6) is 0 Å². The molecule has 0 radical (unpaired) electrons. The van der Waals surface area contributed by atoms with E-state index in [1.807, 2.05) is 18.2 Å². The average molecular weight is 301 g/mol. The predicted molar refractivity (Wildman–Crippen MR) is 85.0 cm³/mol. The average Bonchev–Trinajstić information content (AvgIpc) is 2.80. The summed E-state index contributed by atoms with van der Waals surface area (Å²) in [5, 5.41) is 9.16. The molecule has 1 aliphatic heterocycles. The predicted octanol–water partition coefficient (Wildman–Crippen LogP) is 3.13. The zero-order chi connectivity index (χ0) is 14.8. The minimum atomic E-state index is -0.297. The van der Waals surface area contributed by atoms with Gasteiger partial charge in [0.15, 0.2) is 5.11 Å². The Morgan fingerprint density at radius 2 is 1.76 bits per heavy atom. The lowest BCUT2D eigenvalue weighted by Crippen LogP contribution is -2.19. The Labute approximate surface area is 126 Å². The van der Waals surface area contributed by atoms with Crippen molar-refractivity contribution in [3.63, 3.8) is 0 Å². The van der Waals surface area contributed by atoms with Gasteiger partial charge in [-0.2, -0.15) is 0 Å². The fourth-order valence-electron chi connectivity index (χ4n) is 2.12. The monoisotopic (exact) mass is 301 g/mol. The first-order valence-corrected chi connectivity index (χ1v) is 6.77. The molecule has 2 aromatic rings. The Morgan fingerprint density at radius 3 is 2.52 bits per heavy atom. The molecule has 2 aromatic carbocycles. The first-order chi connectivity index (χ1) is 10.1. The van der Waals surface area contributed by atoms with Crippen LogP contribution in [-0.2, 0) is 11.2 Å². The molecule has 3 N–H and O–H groups in total. The van der Waals surface area contributed by atoms with Gasteiger partial charge in [0.05, 0.1) is 6.42 Å². The molecule has 1 heterocycles. The largest absolute Gasteiger partial charge is 0.332 e. The van der Waals surface area contributed by atoms with Crippen LogP contribution in [0.25, 0.3) is 0 Å². The molecule has 0 bridgehead atoms. The van der Waals surface area contributed by atoms with Crippen molar-refractivity contribution < 1.29 is 9.18 Å². The molecular weight excluding hydrogens is 289 g/mol. The topological polar surface area (TPSA) is 53.2 Å². The maximum atomic E-state index is 12.8. The quantitative estimate of drug-likeness (QED) is 0.746. The van der Waals surface area contributed by atoms with Crippen molar-refractivity contribution in [3.05, 3.63) is 53.8 Å². The van der Waals surface area contributed by atoms with E-state index in [4.69, 9.17) is 12.2 Å². The van der Waals surface area contributed by atoms with E-state index in [0.717, 1.165) is 16.9 Å². The van der Waals surface area contributed by atoms with E-state index in [1.54, 1.807) is 12.1 Å². The minimum absolute atomic E-state index is 0.00540. The molecule has 6 heteroatoms. The van der Waals surface area contributed by atoms with Gasteiger partial charge in [0, 0.05) is 17.1 Å². The Bertz CT molecular complexity index is 715. The minimum Gasteiger partial charge on any atom is -0.332 e. The van der Waals surface area contributed by atoms with Gasteiger partial charge in [-0.1, -0.05) is 6.07 Å². The molecule has 21 heavy (non-hydrogen) atoms. The van der Waals surface area contributed by atoms with E-state index in [9.17, 15) is 9.18 Å². The molecule has 1 amide bonds. The SMILES string of the molecule is O=C1Cc2ccc(NC(=S)Nc3ccc(F)cc3)cc2N1. The van der Waals surface area contributed by atoms with Crippen molar-refractivity contribution in [1.82, 2.24) is 0 Å². The maximum Gasteiger partial charge on any atom is 0.228 e. The van der Waals surface area contributed by atoms with Gasteiger partial charge in [-0.3, -0.25) is 4.79 Å². The van der Waals surface area contributed by atoms with Gasteiger partial charge >= 0.3 is 0 Å². The van der Waals surface area contributed by atoms with Crippen LogP contribution >= 0.6 is 12.2 Å². The van der Waals surface area contributed by atoms with Crippen molar-refractivity contribution in [2.45, 2.75) is 6.42 Å². The Hall–Kier alpha value is -2.47. The van der Waals surface area contributed by atoms with Crippen LogP contribution in [-0.4, -0.2) is 11.0 Å². The van der Waals surface area contributed by atoms with Gasteiger partial charge in [-0.25, -0.2) is 4.39 Å². The fraction of sp³-hybridized carbons (Fsp3) is 0.0667. The summed E-state index contributed by atoms with van der Waals surface area (Å²) in [6.07, 6.45) is 0.411. The van der Waals surface area contributed by atoms with Crippen molar-refractivity contribution in [2.24, 2.45) is 0 Å². The highest BCUT2D eigenvalue weighted by molar-refractivity contribution is 7.80. The van der Waals surface area contributed by atoms with Gasteiger partial charge in [0.2, 0.25) is 5.91 Å². The fourth-order valence-corrected chi connectivity index (χ4v) is 2.35. The molecule has 3 rings (SSSR count). The van der Waals surface area contributed by atoms with Gasteiger partial charge in [-0.15, -0.1) is 0 Å². The number of benzene rings is 2. The molecule has 0 aliphatic carbocycles. The second-order valence-corrected chi connectivity index (χ2v) is 5.09. The zero-order valence-corrected chi connectivity index (χ0v) is 11.8.